The van der Waals surface area contributed by atoms with Crippen molar-refractivity contribution in [3.05, 3.63) is 46.8 Å². The molecule has 4 nitrogen and oxygen atoms in total. The van der Waals surface area contributed by atoms with Crippen LogP contribution in [0.4, 0.5) is 0 Å². The van der Waals surface area contributed by atoms with Crippen molar-refractivity contribution in [1.29, 1.82) is 0 Å². The minimum absolute atomic E-state index is 0.0158. The third-order valence-electron chi connectivity index (χ3n) is 2.56. The number of pyridine rings is 1. The van der Waals surface area contributed by atoms with Crippen LogP contribution in [0, 0.1) is 4.77 Å². The number of aliphatic hydroxyl groups excluding tert-OH is 1. The standard InChI is InChI=1S/C11H13N3OS/c1-8(10-4-2-3-5-12-10)14-9(7-15)6-13-11(14)16/h2-6,8,15H,7H2,1H3,(H,13,16). The molecule has 2 aromatic rings. The first kappa shape index (κ1) is 11.0. The molecule has 1 unspecified atom stereocenters. The van der Waals surface area contributed by atoms with Crippen molar-refractivity contribution in [3.8, 4) is 0 Å². The van der Waals surface area contributed by atoms with E-state index in [1.54, 1.807) is 12.4 Å². The lowest BCUT2D eigenvalue weighted by Gasteiger charge is -2.15. The molecule has 0 saturated heterocycles. The first-order valence-electron chi connectivity index (χ1n) is 5.04. The zero-order valence-electron chi connectivity index (χ0n) is 8.92. The number of imidazole rings is 1. The Balaban J connectivity index is 2.45. The molecule has 0 radical (unpaired) electrons. The maximum absolute atomic E-state index is 9.22. The van der Waals surface area contributed by atoms with Crippen molar-refractivity contribution in [2.45, 2.75) is 19.6 Å². The van der Waals surface area contributed by atoms with Gasteiger partial charge in [0.1, 0.15) is 0 Å². The van der Waals surface area contributed by atoms with Crippen molar-refractivity contribution < 1.29 is 5.11 Å². The molecule has 0 aliphatic rings. The molecule has 2 N–H and O–H groups in total. The van der Waals surface area contributed by atoms with Crippen molar-refractivity contribution >= 4 is 12.2 Å². The van der Waals surface area contributed by atoms with E-state index in [9.17, 15) is 5.11 Å². The highest BCUT2D eigenvalue weighted by Gasteiger charge is 2.13. The smallest absolute Gasteiger partial charge is 0.178 e. The average Bonchev–Trinajstić information content (AvgIpc) is 2.70. The van der Waals surface area contributed by atoms with Crippen LogP contribution in [0.25, 0.3) is 0 Å². The van der Waals surface area contributed by atoms with Gasteiger partial charge in [-0.1, -0.05) is 6.07 Å². The van der Waals surface area contributed by atoms with E-state index in [0.29, 0.717) is 4.77 Å². The van der Waals surface area contributed by atoms with Gasteiger partial charge in [0.25, 0.3) is 0 Å². The lowest BCUT2D eigenvalue weighted by atomic mass is 10.2. The molecular weight excluding hydrogens is 222 g/mol. The normalized spacial score (nSPS) is 12.6. The number of H-pyrrole nitrogens is 1. The van der Waals surface area contributed by atoms with E-state index >= 15 is 0 Å². The Hall–Kier alpha value is -1.46. The molecule has 84 valence electrons. The van der Waals surface area contributed by atoms with Crippen LogP contribution in [-0.2, 0) is 6.61 Å². The number of hydrogen-bond acceptors (Lipinski definition) is 3. The summed E-state index contributed by atoms with van der Waals surface area (Å²) in [5.41, 5.74) is 1.69. The molecule has 0 amide bonds. The maximum Gasteiger partial charge on any atom is 0.178 e. The Morgan fingerprint density at radius 2 is 2.38 bits per heavy atom. The first-order chi connectivity index (χ1) is 7.74. The second kappa shape index (κ2) is 4.59. The van der Waals surface area contributed by atoms with Gasteiger partial charge in [-0.15, -0.1) is 0 Å². The minimum Gasteiger partial charge on any atom is -0.390 e. The molecule has 1 atom stereocenters. The molecular formula is C11H13N3OS. The number of nitrogens with one attached hydrogen (secondary N) is 1. The van der Waals surface area contributed by atoms with Crippen LogP contribution in [0.5, 0.6) is 0 Å². The van der Waals surface area contributed by atoms with Crippen LogP contribution < -0.4 is 0 Å². The number of aromatic nitrogens is 3. The van der Waals surface area contributed by atoms with Gasteiger partial charge >= 0.3 is 0 Å². The fraction of sp³-hybridized carbons (Fsp3) is 0.273. The van der Waals surface area contributed by atoms with Crippen molar-refractivity contribution in [2.24, 2.45) is 0 Å². The molecule has 2 heterocycles. The van der Waals surface area contributed by atoms with E-state index in [2.05, 4.69) is 9.97 Å². The third-order valence-corrected chi connectivity index (χ3v) is 2.87. The quantitative estimate of drug-likeness (QED) is 0.800. The highest BCUT2D eigenvalue weighted by atomic mass is 32.1. The number of nitrogens with zero attached hydrogens (tertiary/aromatic N) is 2. The average molecular weight is 235 g/mol. The molecule has 0 aliphatic heterocycles. The molecule has 0 aromatic carbocycles. The van der Waals surface area contributed by atoms with Gasteiger partial charge in [-0.3, -0.25) is 4.98 Å². The number of aromatic amines is 1. The van der Waals surface area contributed by atoms with Gasteiger partial charge in [0.2, 0.25) is 0 Å². The van der Waals surface area contributed by atoms with E-state index in [1.807, 2.05) is 29.7 Å². The molecule has 0 spiro atoms. The number of hydrogen-bond donors (Lipinski definition) is 2. The summed E-state index contributed by atoms with van der Waals surface area (Å²) in [5, 5.41) is 9.22. The Bertz CT molecular complexity index is 518. The minimum atomic E-state index is -0.0374. The molecule has 2 aromatic heterocycles. The molecule has 0 fully saturated rings. The fourth-order valence-corrected chi connectivity index (χ4v) is 2.05. The summed E-state index contributed by atoms with van der Waals surface area (Å²) in [5.74, 6) is 0. The van der Waals surface area contributed by atoms with Crippen LogP contribution in [0.2, 0.25) is 0 Å². The van der Waals surface area contributed by atoms with Gasteiger partial charge in [0, 0.05) is 12.4 Å². The summed E-state index contributed by atoms with van der Waals surface area (Å²) in [6.07, 6.45) is 3.47. The van der Waals surface area contributed by atoms with Gasteiger partial charge in [-0.05, 0) is 31.3 Å². The molecule has 0 bridgehead atoms. The first-order valence-corrected chi connectivity index (χ1v) is 5.45. The Morgan fingerprint density at radius 1 is 1.56 bits per heavy atom. The Labute approximate surface area is 98.6 Å². The van der Waals surface area contributed by atoms with Crippen LogP contribution in [-0.4, -0.2) is 19.6 Å². The summed E-state index contributed by atoms with van der Waals surface area (Å²) < 4.78 is 2.47. The van der Waals surface area contributed by atoms with E-state index < -0.39 is 0 Å². The number of aliphatic hydroxyl groups is 1. The van der Waals surface area contributed by atoms with Crippen molar-refractivity contribution in [1.82, 2.24) is 14.5 Å². The third kappa shape index (κ3) is 1.91. The maximum atomic E-state index is 9.22. The second-order valence-electron chi connectivity index (χ2n) is 3.54. The fourth-order valence-electron chi connectivity index (χ4n) is 1.72. The zero-order valence-corrected chi connectivity index (χ0v) is 9.74. The summed E-state index contributed by atoms with van der Waals surface area (Å²) in [7, 11) is 0. The van der Waals surface area contributed by atoms with Crippen molar-refractivity contribution in [2.75, 3.05) is 0 Å². The van der Waals surface area contributed by atoms with Gasteiger partial charge < -0.3 is 14.7 Å². The summed E-state index contributed by atoms with van der Waals surface area (Å²) in [4.78, 5) is 7.22. The topological polar surface area (TPSA) is 53.8 Å². The second-order valence-corrected chi connectivity index (χ2v) is 3.93. The molecule has 16 heavy (non-hydrogen) atoms. The summed E-state index contributed by atoms with van der Waals surface area (Å²) in [6.45, 7) is 1.97. The van der Waals surface area contributed by atoms with Crippen LogP contribution in [0.3, 0.4) is 0 Å². The lowest BCUT2D eigenvalue weighted by molar-refractivity contribution is 0.268. The van der Waals surface area contributed by atoms with E-state index in [1.165, 1.54) is 0 Å². The van der Waals surface area contributed by atoms with E-state index in [4.69, 9.17) is 12.2 Å². The van der Waals surface area contributed by atoms with Crippen LogP contribution >= 0.6 is 12.2 Å². The summed E-state index contributed by atoms with van der Waals surface area (Å²) >= 11 is 5.18. The lowest BCUT2D eigenvalue weighted by Crippen LogP contribution is -2.11. The summed E-state index contributed by atoms with van der Waals surface area (Å²) in [6, 6.07) is 5.77. The van der Waals surface area contributed by atoms with E-state index in [-0.39, 0.29) is 12.6 Å². The molecule has 0 aliphatic carbocycles. The highest BCUT2D eigenvalue weighted by Crippen LogP contribution is 2.18. The highest BCUT2D eigenvalue weighted by molar-refractivity contribution is 7.71. The SMILES string of the molecule is CC(c1ccccn1)n1c(CO)c[nH]c1=S. The van der Waals surface area contributed by atoms with E-state index in [0.717, 1.165) is 11.4 Å². The van der Waals surface area contributed by atoms with Crippen LogP contribution in [0.1, 0.15) is 24.4 Å². The molecule has 2 rings (SSSR count). The predicted molar refractivity (Wildman–Crippen MR) is 63.6 cm³/mol. The monoisotopic (exact) mass is 235 g/mol. The predicted octanol–water partition coefficient (Wildman–Crippen LogP) is 2.04. The largest absolute Gasteiger partial charge is 0.390 e. The Kier molecular flexibility index (Phi) is 3.17. The van der Waals surface area contributed by atoms with Crippen LogP contribution in [0.15, 0.2) is 30.6 Å². The Morgan fingerprint density at radius 3 is 3.00 bits per heavy atom. The van der Waals surface area contributed by atoms with Crippen molar-refractivity contribution in [3.63, 3.8) is 0 Å². The van der Waals surface area contributed by atoms with Gasteiger partial charge in [0.15, 0.2) is 4.77 Å². The number of rotatable bonds is 3. The van der Waals surface area contributed by atoms with Gasteiger partial charge in [-0.25, -0.2) is 0 Å². The van der Waals surface area contributed by atoms with Gasteiger partial charge in [-0.2, -0.15) is 0 Å². The van der Waals surface area contributed by atoms with Gasteiger partial charge in [0.05, 0.1) is 24.0 Å². The molecule has 5 heteroatoms. The molecule has 0 saturated carbocycles. The zero-order chi connectivity index (χ0) is 11.5.